The van der Waals surface area contributed by atoms with Crippen LogP contribution in [-0.4, -0.2) is 161 Å². The Morgan fingerprint density at radius 2 is 0.991 bits per heavy atom. The zero-order valence-corrected chi connectivity index (χ0v) is 68.1. The fourth-order valence-electron chi connectivity index (χ4n) is 13.0. The minimum atomic E-state index is -4.60. The molecule has 0 aliphatic carbocycles. The predicted molar refractivity (Wildman–Crippen MR) is 433 cm³/mol. The van der Waals surface area contributed by atoms with Gasteiger partial charge in [0.15, 0.2) is 0 Å². The summed E-state index contributed by atoms with van der Waals surface area (Å²) in [5.74, 6) is -0.349. The van der Waals surface area contributed by atoms with Crippen molar-refractivity contribution in [3.63, 3.8) is 0 Å². The molecule has 7 atom stereocenters. The summed E-state index contributed by atoms with van der Waals surface area (Å²) < 4.78 is 58.2. The van der Waals surface area contributed by atoms with E-state index in [2.05, 4.69) is 17.6 Å². The second-order valence-electron chi connectivity index (χ2n) is 27.0. The fourth-order valence-corrected chi connectivity index (χ4v) is 15.8. The van der Waals surface area contributed by atoms with E-state index in [0.29, 0.717) is 79.3 Å². The number of hydrogen-bond donors (Lipinski definition) is 2. The van der Waals surface area contributed by atoms with Gasteiger partial charge in [-0.2, -0.15) is 13.2 Å². The summed E-state index contributed by atoms with van der Waals surface area (Å²) in [5.41, 5.74) is 0.348. The number of hydrogen-bond acceptors (Lipinski definition) is 15. The van der Waals surface area contributed by atoms with E-state index in [1.165, 1.54) is 62.9 Å². The first kappa shape index (κ1) is 88.3. The molecule has 3 fully saturated rings. The standard InChI is InChI=1S/C31H36ClN3O5S.C26H28ClN3O3S.C22H25ClF3N3O2S.2ClH/c1-21-18-24(39-23-10-7-6-8-11-23)13-14-25(21)35(27(36)19-32)28(26-12-9-17-41-26)29(37)33-15-16-34(22(2)20-33)30(38)40-31(3,4)5;1-2-19-18-29(15-14-28-19)26(32)25(23-9-6-16-34-23)30(24(31)17-27)20-10-12-22(13-11-20)33-21-7-4-3-5-8-21;1-13-11-28(12-14(2)27-13)21(31)20(18-8-5-9-32-18)29(19(30)10-23)17-7-4-6-16(15(17)3)22(24,25)26;;/h6-14,17-18,22,28H,15-16,19-20H2,1-5H3;3-13,16,19,25,28H,2,14-15,17-18H2,1H3;4-9,13-14,20,27H,10-12H2,1-3H3;2*1H/t22-,28-;19-,25?;13-,14+,20?;;/m10.../s1. The Morgan fingerprint density at radius 3 is 1.45 bits per heavy atom. The molecule has 3 aliphatic heterocycles. The molecule has 6 heterocycles. The second kappa shape index (κ2) is 40.8. The van der Waals surface area contributed by atoms with Gasteiger partial charge in [0.1, 0.15) is 64.4 Å². The lowest BCUT2D eigenvalue weighted by Crippen LogP contribution is -2.58. The number of para-hydroxylation sites is 2. The minimum absolute atomic E-state index is 0. The van der Waals surface area contributed by atoms with Crippen LogP contribution in [0.1, 0.15) is 104 Å². The first-order valence-electron chi connectivity index (χ1n) is 35.1. The number of aryl methyl sites for hydroxylation is 1. The molecule has 19 nitrogen and oxygen atoms in total. The highest BCUT2D eigenvalue weighted by Crippen LogP contribution is 2.42. The molecule has 3 aliphatic rings. The van der Waals surface area contributed by atoms with E-state index >= 15 is 0 Å². The molecule has 0 saturated carbocycles. The summed E-state index contributed by atoms with van der Waals surface area (Å²) in [7, 11) is 0. The minimum Gasteiger partial charge on any atom is -0.457 e. The smallest absolute Gasteiger partial charge is 0.416 e. The van der Waals surface area contributed by atoms with E-state index in [1.54, 1.807) is 68.6 Å². The maximum absolute atomic E-state index is 14.2. The number of nitrogens with zero attached hydrogens (tertiary/aromatic N) is 7. The maximum atomic E-state index is 14.2. The Hall–Kier alpha value is -7.95. The monoisotopic (exact) mass is 1650 g/mol. The van der Waals surface area contributed by atoms with E-state index in [-0.39, 0.29) is 95.6 Å². The molecule has 2 N–H and O–H groups in total. The van der Waals surface area contributed by atoms with Crippen molar-refractivity contribution in [1.29, 1.82) is 0 Å². The number of carbonyl (C=O) groups is 7. The second-order valence-corrected chi connectivity index (χ2v) is 30.8. The molecule has 3 aromatic heterocycles. The Morgan fingerprint density at radius 1 is 0.532 bits per heavy atom. The lowest BCUT2D eigenvalue weighted by molar-refractivity contribution is -0.138. The molecule has 2 unspecified atom stereocenters. The number of carbonyl (C=O) groups excluding carboxylic acids is 7. The molecule has 8 aromatic rings. The van der Waals surface area contributed by atoms with Gasteiger partial charge in [-0.05, 0) is 186 Å². The molecule has 30 heteroatoms. The number of benzene rings is 5. The summed E-state index contributed by atoms with van der Waals surface area (Å²) in [6.07, 6.45) is -4.07. The van der Waals surface area contributed by atoms with Crippen LogP contribution in [0, 0.1) is 13.8 Å². The van der Waals surface area contributed by atoms with E-state index in [4.69, 9.17) is 49.0 Å². The van der Waals surface area contributed by atoms with Gasteiger partial charge in [-0.3, -0.25) is 43.5 Å². The lowest BCUT2D eigenvalue weighted by Gasteiger charge is -2.42. The highest BCUT2D eigenvalue weighted by atomic mass is 35.5. The lowest BCUT2D eigenvalue weighted by atomic mass is 10.0. The Kier molecular flexibility index (Phi) is 33.1. The fraction of sp³-hybridized carbons (Fsp3) is 0.380. The number of thiophene rings is 3. The van der Waals surface area contributed by atoms with Crippen LogP contribution < -0.4 is 34.8 Å². The predicted octanol–water partition coefficient (Wildman–Crippen LogP) is 17.1. The van der Waals surface area contributed by atoms with Crippen molar-refractivity contribution in [2.24, 2.45) is 0 Å². The highest BCUT2D eigenvalue weighted by Gasteiger charge is 2.44. The Bertz CT molecular complexity index is 4260. The van der Waals surface area contributed by atoms with Crippen molar-refractivity contribution in [2.75, 3.05) is 84.7 Å². The van der Waals surface area contributed by atoms with Gasteiger partial charge in [0, 0.05) is 108 Å². The molecular weight excluding hydrogens is 1570 g/mol. The zero-order valence-electron chi connectivity index (χ0n) is 61.8. The van der Waals surface area contributed by atoms with Crippen LogP contribution in [0.3, 0.4) is 0 Å². The summed E-state index contributed by atoms with van der Waals surface area (Å²) in [5, 5.41) is 12.4. The number of alkyl halides is 6. The number of ether oxygens (including phenoxy) is 3. The molecule has 109 heavy (non-hydrogen) atoms. The van der Waals surface area contributed by atoms with Crippen molar-refractivity contribution in [2.45, 2.75) is 123 Å². The number of amides is 7. The number of rotatable bonds is 20. The van der Waals surface area contributed by atoms with Crippen molar-refractivity contribution >= 4 is 152 Å². The average Bonchev–Trinajstić information content (AvgIpc) is 1.74. The molecule has 0 bridgehead atoms. The third kappa shape index (κ3) is 23.1. The number of piperazine rings is 3. The topological polar surface area (TPSA) is 194 Å². The van der Waals surface area contributed by atoms with Crippen molar-refractivity contribution < 1.29 is 60.9 Å². The molecule has 3 saturated heterocycles. The molecule has 5 aromatic carbocycles. The molecule has 11 rings (SSSR count). The number of anilines is 3. The van der Waals surface area contributed by atoms with E-state index in [0.717, 1.165) is 45.0 Å². The summed E-state index contributed by atoms with van der Waals surface area (Å²) in [6, 6.07) is 43.3. The van der Waals surface area contributed by atoms with Crippen LogP contribution in [0.15, 0.2) is 174 Å². The summed E-state index contributed by atoms with van der Waals surface area (Å²) in [6.45, 7) is 20.3. The van der Waals surface area contributed by atoms with Crippen LogP contribution in [0.4, 0.5) is 35.0 Å². The molecule has 0 radical (unpaired) electrons. The molecular formula is C79H91Cl5F3N9O10S3. The van der Waals surface area contributed by atoms with E-state index < -0.39 is 59.3 Å². The van der Waals surface area contributed by atoms with Crippen molar-refractivity contribution in [3.05, 3.63) is 205 Å². The van der Waals surface area contributed by atoms with Gasteiger partial charge in [-0.25, -0.2) is 4.79 Å². The van der Waals surface area contributed by atoms with Crippen molar-refractivity contribution in [3.8, 4) is 23.0 Å². The zero-order chi connectivity index (χ0) is 77.3. The van der Waals surface area contributed by atoms with Crippen LogP contribution in [0.2, 0.25) is 0 Å². The SMILES string of the molecule is CC[C@H]1CN(C(=O)C(c2cccs2)N(C(=O)CCl)c2ccc(Oc3ccccc3)cc2)CCN1.Cc1c(N(C(=O)CCl)C(C(=O)N2C[C@@H](C)N[C@@H](C)C2)c2cccs2)cccc1C(F)(F)F.Cc1cc(Oc2ccccc2)ccc1N(C(=O)CCl)[C@@H](C(=O)N1CCN(C(=O)OC(C)(C)C)[C@H](C)C1)c1cccs1.Cl.Cl. The van der Waals surface area contributed by atoms with Gasteiger partial charge >= 0.3 is 12.3 Å². The Balaban J connectivity index is 0.000000227. The first-order valence-corrected chi connectivity index (χ1v) is 39.3. The van der Waals surface area contributed by atoms with Gasteiger partial charge in [0.2, 0.25) is 17.7 Å². The van der Waals surface area contributed by atoms with Gasteiger partial charge in [-0.1, -0.05) is 67.6 Å². The van der Waals surface area contributed by atoms with Crippen LogP contribution in [-0.2, 0) is 39.7 Å². The quantitative estimate of drug-likeness (QED) is 0.0687. The average molecular weight is 1660 g/mol. The van der Waals surface area contributed by atoms with Gasteiger partial charge in [-0.15, -0.1) is 93.6 Å². The first-order chi connectivity index (χ1) is 51.1. The van der Waals surface area contributed by atoms with Gasteiger partial charge in [0.05, 0.1) is 5.56 Å². The summed E-state index contributed by atoms with van der Waals surface area (Å²) in [4.78, 5) is 107. The third-order valence-corrected chi connectivity index (χ3v) is 21.4. The molecule has 586 valence electrons. The van der Waals surface area contributed by atoms with Crippen LogP contribution >= 0.6 is 93.6 Å². The molecule has 0 spiro atoms. The summed E-state index contributed by atoms with van der Waals surface area (Å²) >= 11 is 22.2. The van der Waals surface area contributed by atoms with E-state index in [9.17, 15) is 46.7 Å². The van der Waals surface area contributed by atoms with E-state index in [1.807, 2.05) is 155 Å². The normalized spacial score (nSPS) is 17.2. The number of halogens is 8. The van der Waals surface area contributed by atoms with Gasteiger partial charge < -0.3 is 44.4 Å². The van der Waals surface area contributed by atoms with Crippen LogP contribution in [0.5, 0.6) is 23.0 Å². The van der Waals surface area contributed by atoms with Gasteiger partial charge in [0.25, 0.3) is 17.7 Å². The molecule has 7 amide bonds. The Labute approximate surface area is 674 Å². The van der Waals surface area contributed by atoms with Crippen molar-refractivity contribution in [1.82, 2.24) is 30.2 Å². The maximum Gasteiger partial charge on any atom is 0.416 e. The largest absolute Gasteiger partial charge is 0.457 e. The highest BCUT2D eigenvalue weighted by molar-refractivity contribution is 7.10. The van der Waals surface area contributed by atoms with Crippen LogP contribution in [0.25, 0.3) is 0 Å². The number of nitrogens with one attached hydrogen (secondary N) is 2. The third-order valence-electron chi connectivity index (χ3n) is 17.9.